The number of benzene rings is 1. The van der Waals surface area contributed by atoms with Gasteiger partial charge in [0, 0.05) is 5.56 Å². The molecule has 0 atom stereocenters. The molecule has 0 aliphatic heterocycles. The largest absolute Gasteiger partial charge is 0.508 e. The van der Waals surface area contributed by atoms with Crippen molar-refractivity contribution in [2.45, 2.75) is 37.9 Å². The van der Waals surface area contributed by atoms with Gasteiger partial charge < -0.3 is 5.11 Å². The Balaban J connectivity index is 2.23. The Kier molecular flexibility index (Phi) is 3.28. The van der Waals surface area contributed by atoms with Crippen molar-refractivity contribution in [2.24, 2.45) is 0 Å². The molecule has 1 aliphatic carbocycles. The molecule has 0 radical (unpaired) electrons. The lowest BCUT2D eigenvalue weighted by Gasteiger charge is -2.15. The van der Waals surface area contributed by atoms with Gasteiger partial charge in [-0.3, -0.25) is 4.72 Å². The fourth-order valence-corrected chi connectivity index (χ4v) is 3.82. The van der Waals surface area contributed by atoms with Crippen molar-refractivity contribution in [3.05, 3.63) is 23.8 Å². The van der Waals surface area contributed by atoms with Crippen LogP contribution in [0.2, 0.25) is 0 Å². The maximum absolute atomic E-state index is 12.1. The highest BCUT2D eigenvalue weighted by Crippen LogP contribution is 2.29. The van der Waals surface area contributed by atoms with Crippen molar-refractivity contribution in [3.63, 3.8) is 0 Å². The minimum Gasteiger partial charge on any atom is -0.508 e. The second kappa shape index (κ2) is 4.56. The molecule has 0 saturated heterocycles. The maximum Gasteiger partial charge on any atom is 0.235 e. The van der Waals surface area contributed by atoms with Crippen LogP contribution < -0.4 is 4.72 Å². The van der Waals surface area contributed by atoms with E-state index in [0.29, 0.717) is 11.3 Å². The molecular formula is C12H17NO3S. The SMILES string of the molecule is Cc1c(O)cccc1NS(=O)(=O)C1CCCC1. The molecule has 0 amide bonds. The van der Waals surface area contributed by atoms with Crippen LogP contribution in [0.5, 0.6) is 5.75 Å². The summed E-state index contributed by atoms with van der Waals surface area (Å²) < 4.78 is 26.7. The molecule has 0 heterocycles. The molecule has 1 fully saturated rings. The maximum atomic E-state index is 12.1. The van der Waals surface area contributed by atoms with E-state index in [-0.39, 0.29) is 11.0 Å². The molecular weight excluding hydrogens is 238 g/mol. The molecule has 0 aromatic heterocycles. The molecule has 94 valence electrons. The lowest BCUT2D eigenvalue weighted by Crippen LogP contribution is -2.25. The summed E-state index contributed by atoms with van der Waals surface area (Å²) >= 11 is 0. The van der Waals surface area contributed by atoms with Crippen LogP contribution in [0.15, 0.2) is 18.2 Å². The zero-order chi connectivity index (χ0) is 12.5. The van der Waals surface area contributed by atoms with Crippen LogP contribution in [-0.2, 0) is 10.0 Å². The highest BCUT2D eigenvalue weighted by Gasteiger charge is 2.29. The molecule has 0 bridgehead atoms. The van der Waals surface area contributed by atoms with Crippen LogP contribution in [0.3, 0.4) is 0 Å². The third kappa shape index (κ3) is 2.54. The number of hydrogen-bond acceptors (Lipinski definition) is 3. The quantitative estimate of drug-likeness (QED) is 0.871. The third-order valence-corrected chi connectivity index (χ3v) is 5.15. The van der Waals surface area contributed by atoms with Gasteiger partial charge in [-0.15, -0.1) is 0 Å². The van der Waals surface area contributed by atoms with Crippen LogP contribution in [0.25, 0.3) is 0 Å². The van der Waals surface area contributed by atoms with Gasteiger partial charge in [0.15, 0.2) is 0 Å². The van der Waals surface area contributed by atoms with Gasteiger partial charge in [-0.05, 0) is 31.9 Å². The van der Waals surface area contributed by atoms with Gasteiger partial charge in [-0.2, -0.15) is 0 Å². The predicted molar refractivity (Wildman–Crippen MR) is 67.6 cm³/mol. The van der Waals surface area contributed by atoms with Crippen LogP contribution in [0.1, 0.15) is 31.2 Å². The number of hydrogen-bond donors (Lipinski definition) is 2. The summed E-state index contributed by atoms with van der Waals surface area (Å²) in [7, 11) is -3.31. The van der Waals surface area contributed by atoms with Crippen LogP contribution in [0, 0.1) is 6.92 Å². The van der Waals surface area contributed by atoms with E-state index < -0.39 is 10.0 Å². The fourth-order valence-electron chi connectivity index (χ4n) is 2.17. The average molecular weight is 255 g/mol. The summed E-state index contributed by atoms with van der Waals surface area (Å²) in [4.78, 5) is 0. The number of phenols is 1. The van der Waals surface area contributed by atoms with Crippen molar-refractivity contribution in [3.8, 4) is 5.75 Å². The molecule has 4 nitrogen and oxygen atoms in total. The first-order chi connectivity index (χ1) is 8.00. The first-order valence-corrected chi connectivity index (χ1v) is 7.35. The fraction of sp³-hybridized carbons (Fsp3) is 0.500. The third-order valence-electron chi connectivity index (χ3n) is 3.30. The summed E-state index contributed by atoms with van der Waals surface area (Å²) in [6, 6.07) is 4.85. The van der Waals surface area contributed by atoms with E-state index in [4.69, 9.17) is 0 Å². The van der Waals surface area contributed by atoms with Gasteiger partial charge >= 0.3 is 0 Å². The van der Waals surface area contributed by atoms with Crippen molar-refractivity contribution in [2.75, 3.05) is 4.72 Å². The number of sulfonamides is 1. The van der Waals surface area contributed by atoms with E-state index in [1.165, 1.54) is 0 Å². The molecule has 1 aromatic rings. The van der Waals surface area contributed by atoms with E-state index in [0.717, 1.165) is 25.7 Å². The zero-order valence-electron chi connectivity index (χ0n) is 9.81. The summed E-state index contributed by atoms with van der Waals surface area (Å²) in [6.07, 6.45) is 3.41. The molecule has 2 rings (SSSR count). The monoisotopic (exact) mass is 255 g/mol. The molecule has 0 unspecified atom stereocenters. The zero-order valence-corrected chi connectivity index (χ0v) is 10.6. The Morgan fingerprint density at radius 1 is 1.29 bits per heavy atom. The van der Waals surface area contributed by atoms with Crippen molar-refractivity contribution in [1.82, 2.24) is 0 Å². The topological polar surface area (TPSA) is 66.4 Å². The van der Waals surface area contributed by atoms with E-state index in [2.05, 4.69) is 4.72 Å². The summed E-state index contributed by atoms with van der Waals surface area (Å²) in [5, 5.41) is 9.24. The molecule has 17 heavy (non-hydrogen) atoms. The first kappa shape index (κ1) is 12.2. The normalized spacial score (nSPS) is 17.2. The van der Waals surface area contributed by atoms with Crippen molar-refractivity contribution < 1.29 is 13.5 Å². The van der Waals surface area contributed by atoms with E-state index in [9.17, 15) is 13.5 Å². The van der Waals surface area contributed by atoms with Crippen molar-refractivity contribution in [1.29, 1.82) is 0 Å². The first-order valence-electron chi connectivity index (χ1n) is 5.81. The molecule has 1 saturated carbocycles. The Labute approximate surface area is 102 Å². The smallest absolute Gasteiger partial charge is 0.235 e. The minimum atomic E-state index is -3.31. The molecule has 1 aromatic carbocycles. The summed E-state index contributed by atoms with van der Waals surface area (Å²) in [5.41, 5.74) is 1.03. The average Bonchev–Trinajstić information content (AvgIpc) is 2.78. The highest BCUT2D eigenvalue weighted by molar-refractivity contribution is 7.93. The number of phenolic OH excluding ortho intramolecular Hbond substituents is 1. The number of nitrogens with one attached hydrogen (secondary N) is 1. The van der Waals surface area contributed by atoms with Crippen LogP contribution in [0.4, 0.5) is 5.69 Å². The van der Waals surface area contributed by atoms with Gasteiger partial charge in [0.2, 0.25) is 10.0 Å². The van der Waals surface area contributed by atoms with Gasteiger partial charge in [0.05, 0.1) is 10.9 Å². The second-order valence-corrected chi connectivity index (χ2v) is 6.46. The Morgan fingerprint density at radius 3 is 2.59 bits per heavy atom. The highest BCUT2D eigenvalue weighted by atomic mass is 32.2. The molecule has 0 spiro atoms. The summed E-state index contributed by atoms with van der Waals surface area (Å²) in [6.45, 7) is 1.70. The van der Waals surface area contributed by atoms with E-state index in [1.54, 1.807) is 25.1 Å². The molecule has 1 aliphatic rings. The Bertz CT molecular complexity index is 504. The van der Waals surface area contributed by atoms with Crippen LogP contribution >= 0.6 is 0 Å². The number of aromatic hydroxyl groups is 1. The second-order valence-electron chi connectivity index (χ2n) is 4.50. The lowest BCUT2D eigenvalue weighted by atomic mass is 10.2. The van der Waals surface area contributed by atoms with Crippen molar-refractivity contribution >= 4 is 15.7 Å². The molecule has 2 N–H and O–H groups in total. The predicted octanol–water partition coefficient (Wildman–Crippen LogP) is 2.38. The van der Waals surface area contributed by atoms with Gasteiger partial charge in [0.25, 0.3) is 0 Å². The van der Waals surface area contributed by atoms with Gasteiger partial charge in [0.1, 0.15) is 5.75 Å². The lowest BCUT2D eigenvalue weighted by molar-refractivity contribution is 0.471. The minimum absolute atomic E-state index is 0.108. The summed E-state index contributed by atoms with van der Waals surface area (Å²) in [5.74, 6) is 0.108. The Morgan fingerprint density at radius 2 is 1.94 bits per heavy atom. The van der Waals surface area contributed by atoms with E-state index in [1.807, 2.05) is 0 Å². The Hall–Kier alpha value is -1.23. The van der Waals surface area contributed by atoms with Gasteiger partial charge in [-0.25, -0.2) is 8.42 Å². The van der Waals surface area contributed by atoms with Crippen LogP contribution in [-0.4, -0.2) is 18.8 Å². The number of rotatable bonds is 3. The standard InChI is InChI=1S/C12H17NO3S/c1-9-11(7-4-8-12(9)14)13-17(15,16)10-5-2-3-6-10/h4,7-8,10,13-14H,2-3,5-6H2,1H3. The number of anilines is 1. The van der Waals surface area contributed by atoms with Gasteiger partial charge in [-0.1, -0.05) is 18.9 Å². The van der Waals surface area contributed by atoms with E-state index >= 15 is 0 Å². The molecule has 5 heteroatoms.